The Labute approximate surface area is 140 Å². The summed E-state index contributed by atoms with van der Waals surface area (Å²) in [6.45, 7) is 2.67. The maximum atomic E-state index is 12.1. The highest BCUT2D eigenvalue weighted by atomic mass is 16.5. The van der Waals surface area contributed by atoms with Crippen LogP contribution in [0.5, 0.6) is 0 Å². The third kappa shape index (κ3) is 3.58. The lowest BCUT2D eigenvalue weighted by Gasteiger charge is -2.27. The summed E-state index contributed by atoms with van der Waals surface area (Å²) in [5.41, 5.74) is 2.34. The Hall–Kier alpha value is -2.38. The zero-order valence-electron chi connectivity index (χ0n) is 13.7. The van der Waals surface area contributed by atoms with Crippen LogP contribution < -0.4 is 5.32 Å². The van der Waals surface area contributed by atoms with Gasteiger partial charge in [-0.05, 0) is 11.6 Å². The Morgan fingerprint density at radius 2 is 2.17 bits per heavy atom. The lowest BCUT2D eigenvalue weighted by molar-refractivity contribution is 0.168. The lowest BCUT2D eigenvalue weighted by Crippen LogP contribution is -2.45. The molecule has 1 aliphatic heterocycles. The third-order valence-corrected chi connectivity index (χ3v) is 4.08. The average molecular weight is 330 g/mol. The molecule has 1 aliphatic rings. The summed E-state index contributed by atoms with van der Waals surface area (Å²) in [7, 11) is 1.60. The zero-order chi connectivity index (χ0) is 16.9. The van der Waals surface area contributed by atoms with Gasteiger partial charge in [-0.3, -0.25) is 4.68 Å². The fourth-order valence-corrected chi connectivity index (χ4v) is 2.77. The van der Waals surface area contributed by atoms with Crippen LogP contribution in [0.1, 0.15) is 23.1 Å². The number of aliphatic hydroxyl groups excluding tert-OH is 1. The predicted octanol–water partition coefficient (Wildman–Crippen LogP) is 1.14. The van der Waals surface area contributed by atoms with Crippen LogP contribution in [0.4, 0.5) is 4.79 Å². The first-order valence-electron chi connectivity index (χ1n) is 8.00. The van der Waals surface area contributed by atoms with E-state index in [9.17, 15) is 9.90 Å². The van der Waals surface area contributed by atoms with Crippen LogP contribution in [-0.2, 0) is 17.8 Å². The molecule has 128 valence electrons. The molecular formula is C17H22N4O3. The quantitative estimate of drug-likeness (QED) is 0.806. The summed E-state index contributed by atoms with van der Waals surface area (Å²) in [5, 5.41) is 17.8. The molecule has 1 atom stereocenters. The smallest absolute Gasteiger partial charge is 0.317 e. The van der Waals surface area contributed by atoms with Gasteiger partial charge in [-0.15, -0.1) is 0 Å². The molecule has 7 heteroatoms. The molecule has 0 radical (unpaired) electrons. The minimum Gasteiger partial charge on any atom is -0.383 e. The van der Waals surface area contributed by atoms with Crippen molar-refractivity contribution < 1.29 is 14.6 Å². The number of aliphatic hydroxyl groups is 1. The Balaban J connectivity index is 1.67. The van der Waals surface area contributed by atoms with Gasteiger partial charge >= 0.3 is 6.03 Å². The minimum absolute atomic E-state index is 0.107. The summed E-state index contributed by atoms with van der Waals surface area (Å²) in [5.74, 6) is 0. The molecule has 0 saturated heterocycles. The molecule has 7 nitrogen and oxygen atoms in total. The Bertz CT molecular complexity index is 686. The van der Waals surface area contributed by atoms with Gasteiger partial charge in [0.15, 0.2) is 0 Å². The number of carbonyl (C=O) groups excluding carboxylic acids is 1. The first kappa shape index (κ1) is 16.5. The normalized spacial score (nSPS) is 15.0. The second-order valence-corrected chi connectivity index (χ2v) is 5.74. The molecule has 2 amide bonds. The number of urea groups is 1. The van der Waals surface area contributed by atoms with E-state index >= 15 is 0 Å². The van der Waals surface area contributed by atoms with Crippen molar-refractivity contribution in [2.45, 2.75) is 19.2 Å². The van der Waals surface area contributed by atoms with Gasteiger partial charge in [0.2, 0.25) is 0 Å². The molecule has 0 spiro atoms. The first-order chi connectivity index (χ1) is 11.7. The van der Waals surface area contributed by atoms with Gasteiger partial charge in [-0.25, -0.2) is 4.79 Å². The molecule has 2 heterocycles. The SMILES string of the molecule is COCCNC(=O)N1CCn2nc([C@H](O)c3ccccc3)cc2C1. The second kappa shape index (κ2) is 7.46. The van der Waals surface area contributed by atoms with Gasteiger partial charge in [0, 0.05) is 20.2 Å². The molecule has 24 heavy (non-hydrogen) atoms. The maximum Gasteiger partial charge on any atom is 0.317 e. The topological polar surface area (TPSA) is 79.6 Å². The molecule has 0 unspecified atom stereocenters. The average Bonchev–Trinajstić information content (AvgIpc) is 3.05. The number of fused-ring (bicyclic) bond motifs is 1. The molecule has 0 saturated carbocycles. The number of hydrogen-bond acceptors (Lipinski definition) is 4. The van der Waals surface area contributed by atoms with Crippen LogP contribution in [-0.4, -0.2) is 52.6 Å². The van der Waals surface area contributed by atoms with Crippen LogP contribution in [0.25, 0.3) is 0 Å². The van der Waals surface area contributed by atoms with Crippen molar-refractivity contribution in [2.75, 3.05) is 26.8 Å². The number of nitrogens with zero attached hydrogens (tertiary/aromatic N) is 3. The van der Waals surface area contributed by atoms with E-state index in [4.69, 9.17) is 4.74 Å². The van der Waals surface area contributed by atoms with Gasteiger partial charge in [0.1, 0.15) is 6.10 Å². The van der Waals surface area contributed by atoms with Crippen molar-refractivity contribution in [3.05, 3.63) is 53.3 Å². The van der Waals surface area contributed by atoms with Gasteiger partial charge in [-0.1, -0.05) is 30.3 Å². The molecule has 0 fully saturated rings. The van der Waals surface area contributed by atoms with E-state index in [1.165, 1.54) is 0 Å². The van der Waals surface area contributed by atoms with Gasteiger partial charge in [0.05, 0.1) is 31.1 Å². The number of amides is 2. The Kier molecular flexibility index (Phi) is 5.12. The van der Waals surface area contributed by atoms with Crippen molar-refractivity contribution in [1.82, 2.24) is 20.0 Å². The monoisotopic (exact) mass is 330 g/mol. The van der Waals surface area contributed by atoms with E-state index in [0.29, 0.717) is 38.5 Å². The van der Waals surface area contributed by atoms with E-state index in [0.717, 1.165) is 11.3 Å². The van der Waals surface area contributed by atoms with Crippen molar-refractivity contribution in [3.63, 3.8) is 0 Å². The van der Waals surface area contributed by atoms with Gasteiger partial charge in [-0.2, -0.15) is 5.10 Å². The highest BCUT2D eigenvalue weighted by Crippen LogP contribution is 2.23. The third-order valence-electron chi connectivity index (χ3n) is 4.08. The van der Waals surface area contributed by atoms with Crippen LogP contribution in [0.2, 0.25) is 0 Å². The molecule has 2 N–H and O–H groups in total. The van der Waals surface area contributed by atoms with E-state index in [-0.39, 0.29) is 6.03 Å². The number of benzene rings is 1. The Morgan fingerprint density at radius 3 is 2.92 bits per heavy atom. The summed E-state index contributed by atoms with van der Waals surface area (Å²) < 4.78 is 6.79. The number of hydrogen-bond donors (Lipinski definition) is 2. The maximum absolute atomic E-state index is 12.1. The van der Waals surface area contributed by atoms with Crippen molar-refractivity contribution in [3.8, 4) is 0 Å². The summed E-state index contributed by atoms with van der Waals surface area (Å²) in [4.78, 5) is 13.9. The summed E-state index contributed by atoms with van der Waals surface area (Å²) >= 11 is 0. The van der Waals surface area contributed by atoms with Gasteiger partial charge < -0.3 is 20.1 Å². The van der Waals surface area contributed by atoms with Crippen molar-refractivity contribution in [1.29, 1.82) is 0 Å². The summed E-state index contributed by atoms with van der Waals surface area (Å²) in [6, 6.07) is 11.2. The van der Waals surface area contributed by atoms with E-state index < -0.39 is 6.10 Å². The van der Waals surface area contributed by atoms with E-state index in [2.05, 4.69) is 10.4 Å². The number of nitrogens with one attached hydrogen (secondary N) is 1. The highest BCUT2D eigenvalue weighted by molar-refractivity contribution is 5.74. The summed E-state index contributed by atoms with van der Waals surface area (Å²) in [6.07, 6.45) is -0.756. The number of carbonyl (C=O) groups is 1. The number of aromatic nitrogens is 2. The lowest BCUT2D eigenvalue weighted by atomic mass is 10.1. The minimum atomic E-state index is -0.756. The van der Waals surface area contributed by atoms with E-state index in [1.807, 2.05) is 41.1 Å². The van der Waals surface area contributed by atoms with Crippen LogP contribution in [0.15, 0.2) is 36.4 Å². The molecule has 1 aromatic carbocycles. The van der Waals surface area contributed by atoms with Crippen LogP contribution >= 0.6 is 0 Å². The second-order valence-electron chi connectivity index (χ2n) is 5.74. The Morgan fingerprint density at radius 1 is 1.38 bits per heavy atom. The molecular weight excluding hydrogens is 308 g/mol. The number of rotatable bonds is 5. The fourth-order valence-electron chi connectivity index (χ4n) is 2.77. The predicted molar refractivity (Wildman–Crippen MR) is 88.4 cm³/mol. The largest absolute Gasteiger partial charge is 0.383 e. The first-order valence-corrected chi connectivity index (χ1v) is 8.00. The van der Waals surface area contributed by atoms with Gasteiger partial charge in [0.25, 0.3) is 0 Å². The molecule has 1 aromatic heterocycles. The number of methoxy groups -OCH3 is 1. The zero-order valence-corrected chi connectivity index (χ0v) is 13.7. The number of ether oxygens (including phenoxy) is 1. The van der Waals surface area contributed by atoms with Crippen LogP contribution in [0.3, 0.4) is 0 Å². The standard InChI is InChI=1S/C17H22N4O3/c1-24-10-7-18-17(23)20-8-9-21-14(12-20)11-15(19-21)16(22)13-5-3-2-4-6-13/h2-6,11,16,22H,7-10,12H2,1H3,(H,18,23)/t16-/m1/s1. The molecule has 2 aromatic rings. The van der Waals surface area contributed by atoms with Crippen molar-refractivity contribution >= 4 is 6.03 Å². The fraction of sp³-hybridized carbons (Fsp3) is 0.412. The highest BCUT2D eigenvalue weighted by Gasteiger charge is 2.24. The molecule has 3 rings (SSSR count). The van der Waals surface area contributed by atoms with Crippen molar-refractivity contribution in [2.24, 2.45) is 0 Å². The van der Waals surface area contributed by atoms with Crippen LogP contribution in [0, 0.1) is 0 Å². The molecule has 0 bridgehead atoms. The molecule has 0 aliphatic carbocycles. The van der Waals surface area contributed by atoms with E-state index in [1.54, 1.807) is 12.0 Å².